The zero-order valence-electron chi connectivity index (χ0n) is 11.2. The number of nitrogens with one attached hydrogen (secondary N) is 1. The molecular weight excluding hydrogens is 262 g/mol. The highest BCUT2D eigenvalue weighted by molar-refractivity contribution is 6.02. The first-order valence-corrected chi connectivity index (χ1v) is 6.45. The number of carbonyl (C=O) groups excluding carboxylic acids is 1. The van der Waals surface area contributed by atoms with E-state index in [2.05, 4.69) is 5.32 Å². The molecule has 2 N–H and O–H groups in total. The fraction of sp³-hybridized carbons (Fsp3) is 0.429. The van der Waals surface area contributed by atoms with Gasteiger partial charge in [0.25, 0.3) is 5.91 Å². The largest absolute Gasteiger partial charge is 0.497 e. The molecule has 20 heavy (non-hydrogen) atoms. The molecule has 6 heteroatoms. The lowest BCUT2D eigenvalue weighted by molar-refractivity contribution is -0.129. The van der Waals surface area contributed by atoms with E-state index >= 15 is 0 Å². The molecule has 0 aliphatic carbocycles. The Morgan fingerprint density at radius 2 is 2.20 bits per heavy atom. The second kappa shape index (κ2) is 6.38. The molecule has 1 saturated heterocycles. The average Bonchev–Trinajstić information content (AvgIpc) is 2.48. The molecule has 1 aromatic rings. The van der Waals surface area contributed by atoms with E-state index in [1.807, 2.05) is 0 Å². The molecule has 108 valence electrons. The van der Waals surface area contributed by atoms with Crippen LogP contribution in [0.15, 0.2) is 18.2 Å². The number of benzene rings is 1. The van der Waals surface area contributed by atoms with Crippen LogP contribution in [0, 0.1) is 0 Å². The van der Waals surface area contributed by atoms with Gasteiger partial charge in [0.1, 0.15) is 11.9 Å². The van der Waals surface area contributed by atoms with Gasteiger partial charge in [-0.15, -0.1) is 0 Å². The quantitative estimate of drug-likeness (QED) is 0.879. The van der Waals surface area contributed by atoms with E-state index < -0.39 is 12.1 Å². The normalized spacial score (nSPS) is 18.4. The second-order valence-corrected chi connectivity index (χ2v) is 4.56. The first-order chi connectivity index (χ1) is 9.61. The summed E-state index contributed by atoms with van der Waals surface area (Å²) in [4.78, 5) is 23.2. The van der Waals surface area contributed by atoms with E-state index in [1.54, 1.807) is 6.07 Å². The summed E-state index contributed by atoms with van der Waals surface area (Å²) in [5.74, 6) is -1.00. The predicted octanol–water partition coefficient (Wildman–Crippen LogP) is 1.90. The Bertz CT molecular complexity index is 508. The number of anilines is 1. The van der Waals surface area contributed by atoms with Gasteiger partial charge in [-0.05, 0) is 37.5 Å². The summed E-state index contributed by atoms with van der Waals surface area (Å²) in [5, 5.41) is 11.8. The minimum Gasteiger partial charge on any atom is -0.497 e. The zero-order chi connectivity index (χ0) is 14.5. The van der Waals surface area contributed by atoms with Gasteiger partial charge in [0, 0.05) is 6.61 Å². The van der Waals surface area contributed by atoms with Crippen LogP contribution in [-0.4, -0.2) is 36.8 Å². The first-order valence-electron chi connectivity index (χ1n) is 6.45. The van der Waals surface area contributed by atoms with Gasteiger partial charge in [0.15, 0.2) is 0 Å². The van der Waals surface area contributed by atoms with Gasteiger partial charge < -0.3 is 19.9 Å². The van der Waals surface area contributed by atoms with Crippen molar-refractivity contribution in [3.63, 3.8) is 0 Å². The van der Waals surface area contributed by atoms with Gasteiger partial charge in [-0.25, -0.2) is 4.79 Å². The smallest absolute Gasteiger partial charge is 0.337 e. The van der Waals surface area contributed by atoms with Crippen LogP contribution in [0.4, 0.5) is 5.69 Å². The number of carboxylic acids is 1. The average molecular weight is 279 g/mol. The summed E-state index contributed by atoms with van der Waals surface area (Å²) in [7, 11) is 1.45. The summed E-state index contributed by atoms with van der Waals surface area (Å²) in [5.41, 5.74) is 0.242. The first kappa shape index (κ1) is 14.3. The van der Waals surface area contributed by atoms with Crippen LogP contribution in [0.3, 0.4) is 0 Å². The molecule has 0 radical (unpaired) electrons. The van der Waals surface area contributed by atoms with Crippen molar-refractivity contribution < 1.29 is 24.2 Å². The van der Waals surface area contributed by atoms with Gasteiger partial charge in [0.2, 0.25) is 0 Å². The Hall–Kier alpha value is -2.08. The Morgan fingerprint density at radius 3 is 2.80 bits per heavy atom. The Kier molecular flexibility index (Phi) is 4.57. The Morgan fingerprint density at radius 1 is 1.40 bits per heavy atom. The third-order valence-corrected chi connectivity index (χ3v) is 3.19. The molecule has 1 unspecified atom stereocenters. The van der Waals surface area contributed by atoms with Crippen molar-refractivity contribution >= 4 is 17.6 Å². The lowest BCUT2D eigenvalue weighted by Gasteiger charge is -2.22. The number of carbonyl (C=O) groups is 2. The van der Waals surface area contributed by atoms with Crippen LogP contribution >= 0.6 is 0 Å². The standard InChI is InChI=1S/C14H17NO5/c1-19-9-5-6-11(10(8-9)14(17)18)15-13(16)12-4-2-3-7-20-12/h5-6,8,12H,2-4,7H2,1H3,(H,15,16)(H,17,18). The van der Waals surface area contributed by atoms with E-state index in [-0.39, 0.29) is 17.2 Å². The van der Waals surface area contributed by atoms with Crippen molar-refractivity contribution in [2.24, 2.45) is 0 Å². The van der Waals surface area contributed by atoms with E-state index in [0.29, 0.717) is 18.8 Å². The minimum absolute atomic E-state index is 0.00601. The van der Waals surface area contributed by atoms with E-state index in [9.17, 15) is 14.7 Å². The van der Waals surface area contributed by atoms with Gasteiger partial charge in [-0.2, -0.15) is 0 Å². The molecule has 6 nitrogen and oxygen atoms in total. The maximum absolute atomic E-state index is 12.0. The van der Waals surface area contributed by atoms with Gasteiger partial charge in [0.05, 0.1) is 18.4 Å². The molecule has 1 aliphatic heterocycles. The molecule has 1 heterocycles. The van der Waals surface area contributed by atoms with Crippen LogP contribution in [-0.2, 0) is 9.53 Å². The number of hydrogen-bond acceptors (Lipinski definition) is 4. The topological polar surface area (TPSA) is 84.9 Å². The van der Waals surface area contributed by atoms with Crippen LogP contribution < -0.4 is 10.1 Å². The number of amides is 1. The summed E-state index contributed by atoms with van der Waals surface area (Å²) >= 11 is 0. The molecule has 1 fully saturated rings. The molecule has 1 aliphatic rings. The number of hydrogen-bond donors (Lipinski definition) is 2. The molecule has 0 aromatic heterocycles. The van der Waals surface area contributed by atoms with Crippen molar-refractivity contribution in [2.75, 3.05) is 19.0 Å². The Balaban J connectivity index is 2.15. The molecule has 0 bridgehead atoms. The number of carboxylic acid groups (broad SMARTS) is 1. The van der Waals surface area contributed by atoms with Crippen molar-refractivity contribution in [3.05, 3.63) is 23.8 Å². The number of methoxy groups -OCH3 is 1. The molecule has 1 aromatic carbocycles. The zero-order valence-corrected chi connectivity index (χ0v) is 11.2. The molecular formula is C14H17NO5. The maximum Gasteiger partial charge on any atom is 0.337 e. The monoisotopic (exact) mass is 279 g/mol. The molecule has 0 spiro atoms. The van der Waals surface area contributed by atoms with Crippen LogP contribution in [0.1, 0.15) is 29.6 Å². The summed E-state index contributed by atoms with van der Waals surface area (Å²) in [6, 6.07) is 4.49. The number of ether oxygens (including phenoxy) is 2. The number of rotatable bonds is 4. The predicted molar refractivity (Wildman–Crippen MR) is 72.2 cm³/mol. The Labute approximate surface area is 116 Å². The van der Waals surface area contributed by atoms with Crippen molar-refractivity contribution in [2.45, 2.75) is 25.4 Å². The van der Waals surface area contributed by atoms with Crippen LogP contribution in [0.25, 0.3) is 0 Å². The van der Waals surface area contributed by atoms with Crippen molar-refractivity contribution in [3.8, 4) is 5.75 Å². The van der Waals surface area contributed by atoms with Crippen LogP contribution in [0.5, 0.6) is 5.75 Å². The van der Waals surface area contributed by atoms with E-state index in [1.165, 1.54) is 19.2 Å². The molecule has 1 atom stereocenters. The maximum atomic E-state index is 12.0. The SMILES string of the molecule is COc1ccc(NC(=O)C2CCCCO2)c(C(=O)O)c1. The van der Waals surface area contributed by atoms with E-state index in [4.69, 9.17) is 9.47 Å². The molecule has 0 saturated carbocycles. The lowest BCUT2D eigenvalue weighted by Crippen LogP contribution is -2.33. The fourth-order valence-electron chi connectivity index (χ4n) is 2.10. The fourth-order valence-corrected chi connectivity index (χ4v) is 2.10. The van der Waals surface area contributed by atoms with E-state index in [0.717, 1.165) is 12.8 Å². The molecule has 1 amide bonds. The van der Waals surface area contributed by atoms with Gasteiger partial charge in [-0.1, -0.05) is 0 Å². The highest BCUT2D eigenvalue weighted by atomic mass is 16.5. The highest BCUT2D eigenvalue weighted by Gasteiger charge is 2.23. The lowest BCUT2D eigenvalue weighted by atomic mass is 10.1. The summed E-state index contributed by atoms with van der Waals surface area (Å²) in [6.45, 7) is 0.562. The summed E-state index contributed by atoms with van der Waals surface area (Å²) in [6.07, 6.45) is 2.04. The van der Waals surface area contributed by atoms with Gasteiger partial charge >= 0.3 is 5.97 Å². The third kappa shape index (κ3) is 3.27. The van der Waals surface area contributed by atoms with Crippen molar-refractivity contribution in [1.29, 1.82) is 0 Å². The molecule has 2 rings (SSSR count). The summed E-state index contributed by atoms with van der Waals surface area (Å²) < 4.78 is 10.4. The third-order valence-electron chi connectivity index (χ3n) is 3.19. The highest BCUT2D eigenvalue weighted by Crippen LogP contribution is 2.23. The number of aromatic carboxylic acids is 1. The second-order valence-electron chi connectivity index (χ2n) is 4.56. The minimum atomic E-state index is -1.12. The van der Waals surface area contributed by atoms with Crippen molar-refractivity contribution in [1.82, 2.24) is 0 Å². The van der Waals surface area contributed by atoms with Gasteiger partial charge in [-0.3, -0.25) is 4.79 Å². The van der Waals surface area contributed by atoms with Crippen LogP contribution in [0.2, 0.25) is 0 Å².